The molecule has 5 heteroatoms. The molecule has 3 aromatic rings. The predicted octanol–water partition coefficient (Wildman–Crippen LogP) is 4.18. The molecule has 3 rings (SSSR count). The highest BCUT2D eigenvalue weighted by molar-refractivity contribution is 7.22. The van der Waals surface area contributed by atoms with E-state index >= 15 is 0 Å². The molecule has 2 amide bonds. The average Bonchev–Trinajstić information content (AvgIpc) is 2.95. The number of nitrogens with one attached hydrogen (secondary N) is 2. The van der Waals surface area contributed by atoms with Gasteiger partial charge in [-0.3, -0.25) is 5.32 Å². The SMILES string of the molecule is CCc1ccc2nc(NC(=O)NCc3ccccc3)sc2c1. The molecule has 0 fully saturated rings. The predicted molar refractivity (Wildman–Crippen MR) is 91.3 cm³/mol. The van der Waals surface area contributed by atoms with Gasteiger partial charge in [0.2, 0.25) is 0 Å². The van der Waals surface area contributed by atoms with Crippen molar-refractivity contribution in [3.05, 3.63) is 59.7 Å². The lowest BCUT2D eigenvalue weighted by molar-refractivity contribution is 0.251. The molecule has 0 aliphatic carbocycles. The van der Waals surface area contributed by atoms with Crippen LogP contribution in [0.4, 0.5) is 9.93 Å². The van der Waals surface area contributed by atoms with Crippen molar-refractivity contribution >= 4 is 32.7 Å². The Morgan fingerprint density at radius 3 is 2.73 bits per heavy atom. The Morgan fingerprint density at radius 1 is 1.14 bits per heavy atom. The molecule has 0 saturated carbocycles. The number of rotatable bonds is 4. The maximum atomic E-state index is 11.9. The molecule has 0 saturated heterocycles. The van der Waals surface area contributed by atoms with Crippen molar-refractivity contribution in [3.63, 3.8) is 0 Å². The molecule has 1 aromatic heterocycles. The minimum absolute atomic E-state index is 0.237. The molecule has 2 aromatic carbocycles. The summed E-state index contributed by atoms with van der Waals surface area (Å²) in [5, 5.41) is 6.25. The maximum Gasteiger partial charge on any atom is 0.321 e. The Morgan fingerprint density at radius 2 is 1.95 bits per heavy atom. The van der Waals surface area contributed by atoms with Crippen molar-refractivity contribution in [2.24, 2.45) is 0 Å². The summed E-state index contributed by atoms with van der Waals surface area (Å²) in [6.07, 6.45) is 0.994. The van der Waals surface area contributed by atoms with Crippen LogP contribution in [-0.2, 0) is 13.0 Å². The van der Waals surface area contributed by atoms with Crippen LogP contribution in [0, 0.1) is 0 Å². The number of hydrogen-bond acceptors (Lipinski definition) is 3. The minimum Gasteiger partial charge on any atom is -0.334 e. The molecule has 4 nitrogen and oxygen atoms in total. The molecule has 0 radical (unpaired) electrons. The van der Waals surface area contributed by atoms with Crippen LogP contribution in [0.1, 0.15) is 18.1 Å². The second kappa shape index (κ2) is 6.58. The van der Waals surface area contributed by atoms with Gasteiger partial charge < -0.3 is 5.32 Å². The lowest BCUT2D eigenvalue weighted by Crippen LogP contribution is -2.28. The molecule has 0 aliphatic rings. The number of aromatic nitrogens is 1. The van der Waals surface area contributed by atoms with Gasteiger partial charge in [0.1, 0.15) is 0 Å². The fraction of sp³-hybridized carbons (Fsp3) is 0.176. The second-order valence-corrected chi connectivity index (χ2v) is 6.00. The number of amides is 2. The zero-order valence-electron chi connectivity index (χ0n) is 12.3. The van der Waals surface area contributed by atoms with Crippen LogP contribution in [0.15, 0.2) is 48.5 Å². The Labute approximate surface area is 133 Å². The van der Waals surface area contributed by atoms with Gasteiger partial charge in [0, 0.05) is 6.54 Å². The Hall–Kier alpha value is -2.40. The van der Waals surface area contributed by atoms with Crippen LogP contribution in [0.2, 0.25) is 0 Å². The van der Waals surface area contributed by atoms with Gasteiger partial charge >= 0.3 is 6.03 Å². The monoisotopic (exact) mass is 311 g/mol. The highest BCUT2D eigenvalue weighted by atomic mass is 32.1. The van der Waals surface area contributed by atoms with E-state index in [4.69, 9.17) is 0 Å². The Kier molecular flexibility index (Phi) is 4.34. The summed E-state index contributed by atoms with van der Waals surface area (Å²) in [5.41, 5.74) is 3.26. The van der Waals surface area contributed by atoms with Gasteiger partial charge in [-0.2, -0.15) is 0 Å². The van der Waals surface area contributed by atoms with E-state index in [-0.39, 0.29) is 6.03 Å². The minimum atomic E-state index is -0.237. The van der Waals surface area contributed by atoms with E-state index in [0.29, 0.717) is 11.7 Å². The average molecular weight is 311 g/mol. The number of thiazole rings is 1. The Bertz CT molecular complexity index is 783. The zero-order chi connectivity index (χ0) is 15.4. The van der Waals surface area contributed by atoms with E-state index in [0.717, 1.165) is 22.2 Å². The molecule has 0 unspecified atom stereocenters. The van der Waals surface area contributed by atoms with Gasteiger partial charge in [0.15, 0.2) is 5.13 Å². The molecule has 2 N–H and O–H groups in total. The van der Waals surface area contributed by atoms with Gasteiger partial charge in [-0.15, -0.1) is 0 Å². The smallest absolute Gasteiger partial charge is 0.321 e. The van der Waals surface area contributed by atoms with Gasteiger partial charge in [-0.05, 0) is 29.7 Å². The van der Waals surface area contributed by atoms with Crippen molar-refractivity contribution in [1.82, 2.24) is 10.3 Å². The zero-order valence-corrected chi connectivity index (χ0v) is 13.1. The standard InChI is InChI=1S/C17H17N3OS/c1-2-12-8-9-14-15(10-12)22-17(19-14)20-16(21)18-11-13-6-4-3-5-7-13/h3-10H,2,11H2,1H3,(H2,18,19,20,21). The first-order valence-corrected chi connectivity index (χ1v) is 8.04. The second-order valence-electron chi connectivity index (χ2n) is 4.97. The highest BCUT2D eigenvalue weighted by Gasteiger charge is 2.07. The highest BCUT2D eigenvalue weighted by Crippen LogP contribution is 2.26. The van der Waals surface area contributed by atoms with Crippen LogP contribution in [0.25, 0.3) is 10.2 Å². The van der Waals surface area contributed by atoms with Gasteiger partial charge in [-0.1, -0.05) is 54.7 Å². The number of carbonyl (C=O) groups is 1. The third kappa shape index (κ3) is 3.43. The molecule has 22 heavy (non-hydrogen) atoms. The van der Waals surface area contributed by atoms with Gasteiger partial charge in [-0.25, -0.2) is 9.78 Å². The first-order valence-electron chi connectivity index (χ1n) is 7.23. The Balaban J connectivity index is 1.63. The number of aryl methyl sites for hydroxylation is 1. The summed E-state index contributed by atoms with van der Waals surface area (Å²) < 4.78 is 1.10. The van der Waals surface area contributed by atoms with Crippen LogP contribution in [0.3, 0.4) is 0 Å². The van der Waals surface area contributed by atoms with Crippen molar-refractivity contribution in [2.45, 2.75) is 19.9 Å². The number of anilines is 1. The van der Waals surface area contributed by atoms with Crippen molar-refractivity contribution < 1.29 is 4.79 Å². The third-order valence-corrected chi connectivity index (χ3v) is 4.31. The van der Waals surface area contributed by atoms with Crippen LogP contribution in [0.5, 0.6) is 0 Å². The first-order chi connectivity index (χ1) is 10.7. The van der Waals surface area contributed by atoms with E-state index in [1.54, 1.807) is 0 Å². The summed E-state index contributed by atoms with van der Waals surface area (Å²) in [4.78, 5) is 16.4. The van der Waals surface area contributed by atoms with Crippen molar-refractivity contribution in [3.8, 4) is 0 Å². The summed E-state index contributed by atoms with van der Waals surface area (Å²) in [5.74, 6) is 0. The first kappa shape index (κ1) is 14.5. The molecule has 1 heterocycles. The van der Waals surface area contributed by atoms with E-state index in [2.05, 4.69) is 34.7 Å². The topological polar surface area (TPSA) is 54.0 Å². The number of benzene rings is 2. The molecule has 0 aliphatic heterocycles. The summed E-state index contributed by atoms with van der Waals surface area (Å²) in [6.45, 7) is 2.62. The number of fused-ring (bicyclic) bond motifs is 1. The number of carbonyl (C=O) groups excluding carboxylic acids is 1. The fourth-order valence-corrected chi connectivity index (χ4v) is 3.09. The van der Waals surface area contributed by atoms with Crippen LogP contribution < -0.4 is 10.6 Å². The molecule has 0 spiro atoms. The lowest BCUT2D eigenvalue weighted by Gasteiger charge is -2.04. The lowest BCUT2D eigenvalue weighted by atomic mass is 10.2. The van der Waals surface area contributed by atoms with Crippen molar-refractivity contribution in [1.29, 1.82) is 0 Å². The summed E-state index contributed by atoms with van der Waals surface area (Å²) >= 11 is 1.49. The molecular weight excluding hydrogens is 294 g/mol. The van der Waals surface area contributed by atoms with E-state index in [9.17, 15) is 4.79 Å². The quantitative estimate of drug-likeness (QED) is 0.759. The van der Waals surface area contributed by atoms with Crippen molar-refractivity contribution in [2.75, 3.05) is 5.32 Å². The number of nitrogens with zero attached hydrogens (tertiary/aromatic N) is 1. The van der Waals surface area contributed by atoms with Gasteiger partial charge in [0.05, 0.1) is 10.2 Å². The van der Waals surface area contributed by atoms with E-state index < -0.39 is 0 Å². The van der Waals surface area contributed by atoms with Crippen LogP contribution in [-0.4, -0.2) is 11.0 Å². The molecule has 0 atom stereocenters. The van der Waals surface area contributed by atoms with E-state index in [1.165, 1.54) is 16.9 Å². The van der Waals surface area contributed by atoms with Gasteiger partial charge in [0.25, 0.3) is 0 Å². The largest absolute Gasteiger partial charge is 0.334 e. The van der Waals surface area contributed by atoms with Crippen LogP contribution >= 0.6 is 11.3 Å². The molecule has 0 bridgehead atoms. The molecule has 112 valence electrons. The third-order valence-electron chi connectivity index (χ3n) is 3.38. The number of urea groups is 1. The maximum absolute atomic E-state index is 11.9. The normalized spacial score (nSPS) is 10.6. The summed E-state index contributed by atoms with van der Waals surface area (Å²) in [6, 6.07) is 15.8. The number of hydrogen-bond donors (Lipinski definition) is 2. The summed E-state index contributed by atoms with van der Waals surface area (Å²) in [7, 11) is 0. The fourth-order valence-electron chi connectivity index (χ4n) is 2.16. The van der Waals surface area contributed by atoms with E-state index in [1.807, 2.05) is 36.4 Å². The molecular formula is C17H17N3OS.